The van der Waals surface area contributed by atoms with Gasteiger partial charge in [0.2, 0.25) is 0 Å². The van der Waals surface area contributed by atoms with Crippen LogP contribution in [0.2, 0.25) is 0 Å². The maximum Gasteiger partial charge on any atom is 0.396 e. The number of aromatic nitrogens is 4. The number of hydrogen-bond donors (Lipinski definition) is 0. The van der Waals surface area contributed by atoms with E-state index in [0.717, 1.165) is 16.5 Å². The van der Waals surface area contributed by atoms with E-state index in [-0.39, 0.29) is 25.1 Å². The fourth-order valence-electron chi connectivity index (χ4n) is 3.77. The summed E-state index contributed by atoms with van der Waals surface area (Å²) < 4.78 is 41.3. The van der Waals surface area contributed by atoms with Crippen molar-refractivity contribution in [2.24, 2.45) is 5.41 Å². The summed E-state index contributed by atoms with van der Waals surface area (Å²) in [4.78, 5) is 8.85. The number of hydrogen-bond acceptors (Lipinski definition) is 4. The van der Waals surface area contributed by atoms with Crippen LogP contribution in [-0.2, 0) is 6.54 Å². The third-order valence-corrected chi connectivity index (χ3v) is 5.75. The van der Waals surface area contributed by atoms with E-state index in [4.69, 9.17) is 0 Å². The Balaban J connectivity index is 1.56. The molecule has 1 aliphatic carbocycles. The smallest absolute Gasteiger partial charge is 0.271 e. The molecule has 3 heterocycles. The Morgan fingerprint density at radius 3 is 2.68 bits per heavy atom. The van der Waals surface area contributed by atoms with Gasteiger partial charge in [-0.2, -0.15) is 23.5 Å². The van der Waals surface area contributed by atoms with Crippen molar-refractivity contribution in [3.8, 4) is 28.5 Å². The minimum Gasteiger partial charge on any atom is -0.271 e. The van der Waals surface area contributed by atoms with Crippen LogP contribution in [0.5, 0.6) is 0 Å². The minimum absolute atomic E-state index is 0.124. The second-order valence-corrected chi connectivity index (χ2v) is 7.82. The second-order valence-electron chi connectivity index (χ2n) is 7.82. The molecule has 0 spiro atoms. The van der Waals surface area contributed by atoms with Gasteiger partial charge < -0.3 is 0 Å². The fraction of sp³-hybridized carbons (Fsp3) is 0.217. The highest BCUT2D eigenvalue weighted by atomic mass is 19.4. The predicted molar refractivity (Wildman–Crippen MR) is 109 cm³/mol. The molecule has 0 saturated heterocycles. The first-order chi connectivity index (χ1) is 14.9. The quantitative estimate of drug-likeness (QED) is 0.446. The molecule has 1 aromatic carbocycles. The van der Waals surface area contributed by atoms with Gasteiger partial charge in [-0.15, -0.1) is 0 Å². The monoisotopic (exact) mass is 419 g/mol. The molecule has 8 heteroatoms. The van der Waals surface area contributed by atoms with Crippen LogP contribution in [0.3, 0.4) is 0 Å². The van der Waals surface area contributed by atoms with Gasteiger partial charge in [-0.3, -0.25) is 9.67 Å². The van der Waals surface area contributed by atoms with Gasteiger partial charge >= 0.3 is 6.18 Å². The zero-order valence-corrected chi connectivity index (χ0v) is 16.3. The van der Waals surface area contributed by atoms with Crippen LogP contribution in [0, 0.1) is 16.7 Å². The summed E-state index contributed by atoms with van der Waals surface area (Å²) in [6.45, 7) is -0.199. The van der Waals surface area contributed by atoms with Gasteiger partial charge in [-0.1, -0.05) is 18.2 Å². The van der Waals surface area contributed by atoms with Crippen molar-refractivity contribution in [2.75, 3.05) is 0 Å². The Kier molecular flexibility index (Phi) is 4.29. The number of benzene rings is 1. The number of nitriles is 1. The van der Waals surface area contributed by atoms with Crippen molar-refractivity contribution in [3.63, 3.8) is 0 Å². The van der Waals surface area contributed by atoms with Gasteiger partial charge in [-0.25, -0.2) is 4.98 Å². The summed E-state index contributed by atoms with van der Waals surface area (Å²) in [7, 11) is 0. The summed E-state index contributed by atoms with van der Waals surface area (Å²) in [5.74, 6) is 0. The van der Waals surface area contributed by atoms with E-state index < -0.39 is 11.6 Å². The first-order valence-electron chi connectivity index (χ1n) is 9.74. The number of alkyl halides is 3. The molecule has 1 fully saturated rings. The minimum atomic E-state index is -4.24. The molecule has 3 aromatic heterocycles. The molecular weight excluding hydrogens is 403 g/mol. The largest absolute Gasteiger partial charge is 0.396 e. The summed E-state index contributed by atoms with van der Waals surface area (Å²) in [5.41, 5.74) is 2.02. The Morgan fingerprint density at radius 2 is 1.94 bits per heavy atom. The number of nitrogens with zero attached hydrogens (tertiary/aromatic N) is 5. The summed E-state index contributed by atoms with van der Waals surface area (Å²) >= 11 is 0. The van der Waals surface area contributed by atoms with E-state index in [2.05, 4.69) is 15.1 Å². The van der Waals surface area contributed by atoms with E-state index in [1.807, 2.05) is 36.4 Å². The molecule has 0 amide bonds. The Bertz CT molecular complexity index is 1330. The van der Waals surface area contributed by atoms with Crippen LogP contribution < -0.4 is 0 Å². The van der Waals surface area contributed by atoms with Crippen LogP contribution in [0.1, 0.15) is 18.5 Å². The lowest BCUT2D eigenvalue weighted by Crippen LogP contribution is -2.29. The van der Waals surface area contributed by atoms with E-state index in [9.17, 15) is 18.4 Å². The van der Waals surface area contributed by atoms with Gasteiger partial charge in [0.05, 0.1) is 29.4 Å². The average Bonchev–Trinajstić information content (AvgIpc) is 3.43. The van der Waals surface area contributed by atoms with Gasteiger partial charge in [-0.05, 0) is 37.1 Å². The lowest BCUT2D eigenvalue weighted by Gasteiger charge is -2.18. The maximum atomic E-state index is 13.3. The standard InChI is InChI=1S/C23H16F3N5/c24-23(25,26)22(7-8-22)14-31-13-17(12-29-31)19-6-5-18(11-27)30-21(19)16-4-3-15-2-1-9-28-20(15)10-16/h1-6,9-10,12-13H,7-8,14H2. The van der Waals surface area contributed by atoms with Crippen LogP contribution in [-0.4, -0.2) is 25.9 Å². The first kappa shape index (κ1) is 19.2. The zero-order chi connectivity index (χ0) is 21.6. The average molecular weight is 419 g/mol. The number of pyridine rings is 2. The third kappa shape index (κ3) is 3.42. The van der Waals surface area contributed by atoms with Crippen molar-refractivity contribution in [2.45, 2.75) is 25.6 Å². The van der Waals surface area contributed by atoms with Gasteiger partial charge in [0, 0.05) is 34.5 Å². The molecule has 154 valence electrons. The topological polar surface area (TPSA) is 67.4 Å². The van der Waals surface area contributed by atoms with Crippen molar-refractivity contribution >= 4 is 10.9 Å². The van der Waals surface area contributed by atoms with Crippen LogP contribution in [0.4, 0.5) is 13.2 Å². The van der Waals surface area contributed by atoms with Gasteiger partial charge in [0.15, 0.2) is 0 Å². The SMILES string of the molecule is N#Cc1ccc(-c2cnn(CC3(C(F)(F)F)CC3)c2)c(-c2ccc3cccnc3c2)n1. The molecule has 1 aliphatic rings. The summed E-state index contributed by atoms with van der Waals surface area (Å²) in [6, 6.07) is 14.9. The van der Waals surface area contributed by atoms with Crippen molar-refractivity contribution < 1.29 is 13.2 Å². The van der Waals surface area contributed by atoms with E-state index in [1.165, 1.54) is 10.9 Å². The van der Waals surface area contributed by atoms with Gasteiger partial charge in [0.1, 0.15) is 11.8 Å². The summed E-state index contributed by atoms with van der Waals surface area (Å²) in [6.07, 6.45) is 0.859. The molecule has 0 radical (unpaired) electrons. The van der Waals surface area contributed by atoms with Crippen LogP contribution in [0.25, 0.3) is 33.3 Å². The molecule has 1 saturated carbocycles. The van der Waals surface area contributed by atoms with Gasteiger partial charge in [0.25, 0.3) is 0 Å². The molecular formula is C23H16F3N5. The van der Waals surface area contributed by atoms with E-state index in [0.29, 0.717) is 16.8 Å². The molecule has 0 bridgehead atoms. The molecule has 0 atom stereocenters. The fourth-order valence-corrected chi connectivity index (χ4v) is 3.77. The van der Waals surface area contributed by atoms with E-state index in [1.54, 1.807) is 24.5 Å². The highest BCUT2D eigenvalue weighted by Crippen LogP contribution is 2.58. The Hall–Kier alpha value is -3.73. The lowest BCUT2D eigenvalue weighted by atomic mass is 10.00. The van der Waals surface area contributed by atoms with Crippen molar-refractivity contribution in [3.05, 3.63) is 66.7 Å². The number of halogens is 3. The maximum absolute atomic E-state index is 13.3. The number of rotatable bonds is 4. The Labute approximate surface area is 175 Å². The van der Waals surface area contributed by atoms with Crippen LogP contribution in [0.15, 0.2) is 61.1 Å². The molecule has 5 rings (SSSR count). The number of fused-ring (bicyclic) bond motifs is 1. The first-order valence-corrected chi connectivity index (χ1v) is 9.74. The lowest BCUT2D eigenvalue weighted by molar-refractivity contribution is -0.191. The van der Waals surface area contributed by atoms with Crippen LogP contribution >= 0.6 is 0 Å². The second kappa shape index (κ2) is 6.91. The summed E-state index contributed by atoms with van der Waals surface area (Å²) in [5, 5.41) is 14.5. The molecule has 5 nitrogen and oxygen atoms in total. The zero-order valence-electron chi connectivity index (χ0n) is 16.3. The highest BCUT2D eigenvalue weighted by molar-refractivity contribution is 5.87. The highest BCUT2D eigenvalue weighted by Gasteiger charge is 2.63. The van der Waals surface area contributed by atoms with Crippen molar-refractivity contribution in [1.29, 1.82) is 5.26 Å². The molecule has 0 unspecified atom stereocenters. The Morgan fingerprint density at radius 1 is 1.10 bits per heavy atom. The molecule has 31 heavy (non-hydrogen) atoms. The third-order valence-electron chi connectivity index (χ3n) is 5.75. The predicted octanol–water partition coefficient (Wildman–Crippen LogP) is 5.37. The molecule has 4 aromatic rings. The molecule has 0 aliphatic heterocycles. The van der Waals surface area contributed by atoms with Crippen molar-refractivity contribution in [1.82, 2.24) is 19.7 Å². The molecule has 0 N–H and O–H groups in total. The normalized spacial score (nSPS) is 15.0. The van der Waals surface area contributed by atoms with E-state index >= 15 is 0 Å².